The van der Waals surface area contributed by atoms with E-state index >= 15 is 0 Å². The monoisotopic (exact) mass is 466 g/mol. The average molecular weight is 467 g/mol. The highest BCUT2D eigenvalue weighted by atomic mass is 32.2. The van der Waals surface area contributed by atoms with E-state index in [1.54, 1.807) is 49.5 Å². The van der Waals surface area contributed by atoms with Gasteiger partial charge in [0, 0.05) is 24.2 Å². The SMILES string of the molecule is CN(c1ccccc1)S(=O)(=O)c1ccc(C(C)(O)Nc2nc(-c3ccccn3)cs2)cc1. The third-order valence-corrected chi connectivity index (χ3v) is 7.53. The summed E-state index contributed by atoms with van der Waals surface area (Å²) in [7, 11) is -2.21. The molecule has 7 nitrogen and oxygen atoms in total. The first kappa shape index (κ1) is 21.9. The number of aromatic nitrogens is 2. The first-order chi connectivity index (χ1) is 15.3. The molecule has 2 heterocycles. The molecule has 0 bridgehead atoms. The molecule has 2 N–H and O–H groups in total. The molecule has 2 aromatic heterocycles. The second kappa shape index (κ2) is 8.70. The number of rotatable bonds is 7. The van der Waals surface area contributed by atoms with Crippen molar-refractivity contribution in [1.29, 1.82) is 0 Å². The Morgan fingerprint density at radius 3 is 2.31 bits per heavy atom. The number of benzene rings is 2. The second-order valence-electron chi connectivity index (χ2n) is 7.28. The molecule has 0 saturated carbocycles. The number of para-hydroxylation sites is 1. The Kier molecular flexibility index (Phi) is 5.96. The molecule has 2 aromatic carbocycles. The van der Waals surface area contributed by atoms with Crippen molar-refractivity contribution < 1.29 is 13.5 Å². The number of pyridine rings is 1. The molecule has 0 saturated heterocycles. The van der Waals surface area contributed by atoms with Crippen LogP contribution in [0.3, 0.4) is 0 Å². The lowest BCUT2D eigenvalue weighted by atomic mass is 10.1. The number of nitrogens with one attached hydrogen (secondary N) is 1. The summed E-state index contributed by atoms with van der Waals surface area (Å²) in [5.41, 5.74) is 1.08. The van der Waals surface area contributed by atoms with Gasteiger partial charge in [-0.05, 0) is 43.3 Å². The smallest absolute Gasteiger partial charge is 0.264 e. The summed E-state index contributed by atoms with van der Waals surface area (Å²) in [5, 5.41) is 16.4. The van der Waals surface area contributed by atoms with Crippen LogP contribution >= 0.6 is 11.3 Å². The molecular formula is C23H22N4O3S2. The Balaban J connectivity index is 1.52. The molecular weight excluding hydrogens is 444 g/mol. The van der Waals surface area contributed by atoms with Crippen molar-refractivity contribution in [3.8, 4) is 11.4 Å². The van der Waals surface area contributed by atoms with E-state index in [4.69, 9.17) is 0 Å². The van der Waals surface area contributed by atoms with E-state index in [2.05, 4.69) is 15.3 Å². The summed E-state index contributed by atoms with van der Waals surface area (Å²) < 4.78 is 27.1. The van der Waals surface area contributed by atoms with Gasteiger partial charge in [0.05, 0.1) is 16.3 Å². The Bertz CT molecular complexity index is 1290. The highest BCUT2D eigenvalue weighted by molar-refractivity contribution is 7.92. The maximum Gasteiger partial charge on any atom is 0.264 e. The number of hydrogen-bond acceptors (Lipinski definition) is 7. The van der Waals surface area contributed by atoms with Crippen molar-refractivity contribution >= 4 is 32.2 Å². The van der Waals surface area contributed by atoms with Gasteiger partial charge in [0.15, 0.2) is 10.9 Å². The van der Waals surface area contributed by atoms with Gasteiger partial charge in [-0.15, -0.1) is 11.3 Å². The molecule has 1 unspecified atom stereocenters. The summed E-state index contributed by atoms with van der Waals surface area (Å²) >= 11 is 1.35. The molecule has 1 atom stereocenters. The van der Waals surface area contributed by atoms with Crippen molar-refractivity contribution in [3.63, 3.8) is 0 Å². The number of anilines is 2. The van der Waals surface area contributed by atoms with Gasteiger partial charge in [-0.25, -0.2) is 13.4 Å². The third kappa shape index (κ3) is 4.50. The van der Waals surface area contributed by atoms with Gasteiger partial charge in [-0.1, -0.05) is 36.4 Å². The molecule has 0 aliphatic rings. The minimum atomic E-state index is -3.73. The Morgan fingerprint density at radius 1 is 0.969 bits per heavy atom. The minimum absolute atomic E-state index is 0.134. The molecule has 4 rings (SSSR count). The zero-order valence-electron chi connectivity index (χ0n) is 17.5. The first-order valence-corrected chi connectivity index (χ1v) is 12.1. The molecule has 4 aromatic rings. The van der Waals surface area contributed by atoms with E-state index in [1.807, 2.05) is 29.6 Å². The summed E-state index contributed by atoms with van der Waals surface area (Å²) in [5.74, 6) is 0. The Hall–Kier alpha value is -3.27. The van der Waals surface area contributed by atoms with E-state index in [0.29, 0.717) is 22.1 Å². The molecule has 0 amide bonds. The van der Waals surface area contributed by atoms with Crippen LogP contribution in [-0.4, -0.2) is 30.5 Å². The van der Waals surface area contributed by atoms with Gasteiger partial charge in [0.1, 0.15) is 5.69 Å². The van der Waals surface area contributed by atoms with E-state index < -0.39 is 15.7 Å². The summed E-state index contributed by atoms with van der Waals surface area (Å²) in [6.07, 6.45) is 1.70. The number of aliphatic hydroxyl groups is 1. The number of nitrogens with zero attached hydrogens (tertiary/aromatic N) is 3. The Morgan fingerprint density at radius 2 is 1.66 bits per heavy atom. The molecule has 0 aliphatic heterocycles. The van der Waals surface area contributed by atoms with Crippen LogP contribution in [0.1, 0.15) is 12.5 Å². The van der Waals surface area contributed by atoms with Crippen molar-refractivity contribution in [2.24, 2.45) is 0 Å². The molecule has 164 valence electrons. The van der Waals surface area contributed by atoms with E-state index in [0.717, 1.165) is 5.69 Å². The van der Waals surface area contributed by atoms with Gasteiger partial charge in [-0.2, -0.15) is 0 Å². The number of thiazole rings is 1. The molecule has 0 aliphatic carbocycles. The van der Waals surface area contributed by atoms with Gasteiger partial charge in [-0.3, -0.25) is 9.29 Å². The fourth-order valence-corrected chi connectivity index (χ4v) is 5.13. The number of sulfonamides is 1. The quantitative estimate of drug-likeness (QED) is 0.394. The predicted octanol–water partition coefficient (Wildman–Crippen LogP) is 4.31. The van der Waals surface area contributed by atoms with Crippen LogP contribution in [0.25, 0.3) is 11.4 Å². The third-order valence-electron chi connectivity index (χ3n) is 4.98. The molecule has 0 spiro atoms. The maximum absolute atomic E-state index is 13.0. The van der Waals surface area contributed by atoms with Crippen LogP contribution in [0.15, 0.2) is 89.3 Å². The minimum Gasteiger partial charge on any atom is -0.367 e. The van der Waals surface area contributed by atoms with E-state index in [-0.39, 0.29) is 4.90 Å². The average Bonchev–Trinajstić information content (AvgIpc) is 3.27. The van der Waals surface area contributed by atoms with Crippen molar-refractivity contribution in [2.45, 2.75) is 17.5 Å². The topological polar surface area (TPSA) is 95.4 Å². The lowest BCUT2D eigenvalue weighted by Gasteiger charge is -2.25. The van der Waals surface area contributed by atoms with Gasteiger partial charge in [0.25, 0.3) is 10.0 Å². The zero-order valence-corrected chi connectivity index (χ0v) is 19.1. The van der Waals surface area contributed by atoms with Crippen LogP contribution in [0.5, 0.6) is 0 Å². The van der Waals surface area contributed by atoms with Crippen LogP contribution in [0.2, 0.25) is 0 Å². The van der Waals surface area contributed by atoms with Crippen molar-refractivity contribution in [2.75, 3.05) is 16.7 Å². The van der Waals surface area contributed by atoms with Crippen LogP contribution in [0.4, 0.5) is 10.8 Å². The number of hydrogen-bond donors (Lipinski definition) is 2. The standard InChI is InChI=1S/C23H22N4O3S2/c1-23(28,26-22-25-21(16-31-22)20-10-6-7-15-24-20)17-11-13-19(14-12-17)32(29,30)27(2)18-8-4-3-5-9-18/h3-16,28H,1-2H3,(H,25,26). The Labute approximate surface area is 191 Å². The van der Waals surface area contributed by atoms with Crippen molar-refractivity contribution in [1.82, 2.24) is 9.97 Å². The van der Waals surface area contributed by atoms with Gasteiger partial charge >= 0.3 is 0 Å². The molecule has 9 heteroatoms. The lowest BCUT2D eigenvalue weighted by molar-refractivity contribution is 0.0887. The highest BCUT2D eigenvalue weighted by Gasteiger charge is 2.26. The summed E-state index contributed by atoms with van der Waals surface area (Å²) in [4.78, 5) is 8.90. The van der Waals surface area contributed by atoms with Crippen LogP contribution in [0, 0.1) is 0 Å². The molecule has 32 heavy (non-hydrogen) atoms. The van der Waals surface area contributed by atoms with Gasteiger partial charge < -0.3 is 10.4 Å². The molecule has 0 radical (unpaired) electrons. The second-order valence-corrected chi connectivity index (χ2v) is 10.1. The summed E-state index contributed by atoms with van der Waals surface area (Å²) in [6, 6.07) is 20.6. The van der Waals surface area contributed by atoms with E-state index in [1.165, 1.54) is 34.8 Å². The fraction of sp³-hybridized carbons (Fsp3) is 0.130. The highest BCUT2D eigenvalue weighted by Crippen LogP contribution is 2.30. The van der Waals surface area contributed by atoms with Crippen molar-refractivity contribution in [3.05, 3.63) is 89.9 Å². The predicted molar refractivity (Wildman–Crippen MR) is 127 cm³/mol. The normalized spacial score (nSPS) is 13.3. The summed E-state index contributed by atoms with van der Waals surface area (Å²) in [6.45, 7) is 1.59. The van der Waals surface area contributed by atoms with Crippen LogP contribution in [-0.2, 0) is 15.7 Å². The zero-order chi connectivity index (χ0) is 22.8. The van der Waals surface area contributed by atoms with E-state index in [9.17, 15) is 13.5 Å². The fourth-order valence-electron chi connectivity index (χ4n) is 3.13. The lowest BCUT2D eigenvalue weighted by Crippen LogP contribution is -2.31. The molecule has 0 fully saturated rings. The maximum atomic E-state index is 13.0. The van der Waals surface area contributed by atoms with Crippen LogP contribution < -0.4 is 9.62 Å². The first-order valence-electron chi connectivity index (χ1n) is 9.79. The van der Waals surface area contributed by atoms with Gasteiger partial charge in [0.2, 0.25) is 0 Å². The largest absolute Gasteiger partial charge is 0.367 e.